The number of rotatable bonds is 20. The van der Waals surface area contributed by atoms with Gasteiger partial charge in [-0.1, -0.05) is 145 Å². The van der Waals surface area contributed by atoms with E-state index in [2.05, 4.69) is 48.5 Å². The zero-order chi connectivity index (χ0) is 28.4. The zero-order valence-corrected chi connectivity index (χ0v) is 26.9. The lowest BCUT2D eigenvalue weighted by atomic mass is 9.58. The maximum absolute atomic E-state index is 12.4. The fourth-order valence-electron chi connectivity index (χ4n) is 6.57. The van der Waals surface area contributed by atoms with Crippen LogP contribution in [0.3, 0.4) is 0 Å². The zero-order valence-electron chi connectivity index (χ0n) is 26.9. The molecule has 3 heteroatoms. The van der Waals surface area contributed by atoms with Crippen LogP contribution in [0.5, 0.6) is 0 Å². The van der Waals surface area contributed by atoms with E-state index < -0.39 is 0 Å². The second-order valence-electron chi connectivity index (χ2n) is 14.8. The van der Waals surface area contributed by atoms with Gasteiger partial charge in [-0.15, -0.1) is 0 Å². The van der Waals surface area contributed by atoms with Crippen molar-refractivity contribution in [3.63, 3.8) is 0 Å². The van der Waals surface area contributed by atoms with Crippen LogP contribution in [0, 0.1) is 28.6 Å². The van der Waals surface area contributed by atoms with E-state index in [0.29, 0.717) is 18.9 Å². The molecule has 0 radical (unpaired) electrons. The molecule has 0 aliphatic heterocycles. The summed E-state index contributed by atoms with van der Waals surface area (Å²) in [6.45, 7) is 16.3. The Morgan fingerprint density at radius 1 is 0.658 bits per heavy atom. The Morgan fingerprint density at radius 3 is 1.39 bits per heavy atom. The lowest BCUT2D eigenvalue weighted by Gasteiger charge is -2.49. The molecule has 0 heterocycles. The van der Waals surface area contributed by atoms with Crippen LogP contribution in [0.2, 0.25) is 0 Å². The van der Waals surface area contributed by atoms with E-state index in [9.17, 15) is 9.90 Å². The van der Waals surface area contributed by atoms with E-state index in [1.54, 1.807) is 0 Å². The fourth-order valence-corrected chi connectivity index (χ4v) is 6.57. The van der Waals surface area contributed by atoms with Crippen molar-refractivity contribution in [2.45, 2.75) is 183 Å². The first-order valence-corrected chi connectivity index (χ1v) is 16.8. The molecule has 1 N–H and O–H groups in total. The van der Waals surface area contributed by atoms with Gasteiger partial charge in [0.1, 0.15) is 0 Å². The first-order chi connectivity index (χ1) is 18.0. The monoisotopic (exact) mass is 537 g/mol. The summed E-state index contributed by atoms with van der Waals surface area (Å²) in [6.07, 6.45) is 24.9. The Morgan fingerprint density at radius 2 is 1.03 bits per heavy atom. The fraction of sp³-hybridized carbons (Fsp3) is 0.971. The molecule has 1 aliphatic rings. The molecule has 0 saturated heterocycles. The highest BCUT2D eigenvalue weighted by Gasteiger charge is 2.45. The van der Waals surface area contributed by atoms with E-state index in [1.807, 2.05) is 0 Å². The van der Waals surface area contributed by atoms with Gasteiger partial charge in [-0.3, -0.25) is 4.79 Å². The SMILES string of the molecule is CCCCCCCCCCCCCCCCCCOC(=O)CCC1CC(C(C)(C)C)C(O)C(C(C)(C)C)C1. The van der Waals surface area contributed by atoms with Gasteiger partial charge >= 0.3 is 5.97 Å². The van der Waals surface area contributed by atoms with Crippen LogP contribution in [0.25, 0.3) is 0 Å². The summed E-state index contributed by atoms with van der Waals surface area (Å²) in [4.78, 5) is 12.4. The third-order valence-corrected chi connectivity index (χ3v) is 9.24. The Hall–Kier alpha value is -0.570. The highest BCUT2D eigenvalue weighted by molar-refractivity contribution is 5.69. The number of esters is 1. The van der Waals surface area contributed by atoms with Crippen LogP contribution in [0.15, 0.2) is 0 Å². The third kappa shape index (κ3) is 15.9. The summed E-state index contributed by atoms with van der Waals surface area (Å²) in [5.74, 6) is 1.03. The summed E-state index contributed by atoms with van der Waals surface area (Å²) < 4.78 is 5.57. The Kier molecular flexibility index (Phi) is 18.2. The van der Waals surface area contributed by atoms with E-state index in [-0.39, 0.29) is 34.7 Å². The molecule has 0 aromatic heterocycles. The highest BCUT2D eigenvalue weighted by Crippen LogP contribution is 2.49. The summed E-state index contributed by atoms with van der Waals surface area (Å²) in [5.41, 5.74) is 0.157. The second-order valence-corrected chi connectivity index (χ2v) is 14.8. The Bertz CT molecular complexity index is 561. The van der Waals surface area contributed by atoms with Crippen LogP contribution in [-0.2, 0) is 9.53 Å². The minimum Gasteiger partial charge on any atom is -0.466 e. The molecule has 0 spiro atoms. The van der Waals surface area contributed by atoms with Crippen molar-refractivity contribution < 1.29 is 14.6 Å². The maximum Gasteiger partial charge on any atom is 0.305 e. The minimum atomic E-state index is -0.256. The van der Waals surface area contributed by atoms with Crippen molar-refractivity contribution >= 4 is 5.97 Å². The molecular weight excluding hydrogens is 468 g/mol. The minimum absolute atomic E-state index is 0.0308. The first-order valence-electron chi connectivity index (χ1n) is 16.8. The molecule has 0 bridgehead atoms. The van der Waals surface area contributed by atoms with Gasteiger partial charge < -0.3 is 9.84 Å². The Labute approximate surface area is 238 Å². The van der Waals surface area contributed by atoms with Gasteiger partial charge in [-0.25, -0.2) is 0 Å². The van der Waals surface area contributed by atoms with E-state index >= 15 is 0 Å². The molecule has 0 aromatic carbocycles. The molecule has 1 rings (SSSR count). The number of aliphatic hydroxyl groups excluding tert-OH is 1. The molecule has 3 nitrogen and oxygen atoms in total. The van der Waals surface area contributed by atoms with Crippen molar-refractivity contribution in [2.24, 2.45) is 28.6 Å². The van der Waals surface area contributed by atoms with Crippen LogP contribution >= 0.6 is 0 Å². The lowest BCUT2D eigenvalue weighted by Crippen LogP contribution is -2.47. The van der Waals surface area contributed by atoms with E-state index in [0.717, 1.165) is 25.7 Å². The normalized spacial score (nSPS) is 22.5. The molecule has 2 unspecified atom stereocenters. The Balaban J connectivity index is 2.05. The van der Waals surface area contributed by atoms with Crippen LogP contribution in [0.4, 0.5) is 0 Å². The van der Waals surface area contributed by atoms with Crippen molar-refractivity contribution in [3.8, 4) is 0 Å². The van der Waals surface area contributed by atoms with Gasteiger partial charge in [0.25, 0.3) is 0 Å². The molecule has 1 fully saturated rings. The molecule has 2 atom stereocenters. The highest BCUT2D eigenvalue weighted by atomic mass is 16.5. The van der Waals surface area contributed by atoms with Crippen LogP contribution in [0.1, 0.15) is 177 Å². The smallest absolute Gasteiger partial charge is 0.305 e. The van der Waals surface area contributed by atoms with Crippen molar-refractivity contribution in [3.05, 3.63) is 0 Å². The average Bonchev–Trinajstić information content (AvgIpc) is 2.83. The molecule has 38 heavy (non-hydrogen) atoms. The predicted octanol–water partition coefficient (Wildman–Crippen LogP) is 10.7. The largest absolute Gasteiger partial charge is 0.466 e. The molecular formula is C35H68O3. The van der Waals surface area contributed by atoms with Gasteiger partial charge in [-0.2, -0.15) is 0 Å². The number of carbonyl (C=O) groups excluding carboxylic acids is 1. The van der Waals surface area contributed by atoms with Gasteiger partial charge in [0.2, 0.25) is 0 Å². The maximum atomic E-state index is 12.4. The number of hydrogen-bond acceptors (Lipinski definition) is 3. The number of hydrogen-bond donors (Lipinski definition) is 1. The van der Waals surface area contributed by atoms with Crippen LogP contribution in [-0.4, -0.2) is 23.8 Å². The lowest BCUT2D eigenvalue weighted by molar-refractivity contribution is -0.144. The second kappa shape index (κ2) is 19.5. The molecule has 226 valence electrons. The summed E-state index contributed by atoms with van der Waals surface area (Å²) in [5, 5.41) is 11.1. The van der Waals surface area contributed by atoms with E-state index in [1.165, 1.54) is 96.3 Å². The molecule has 1 aliphatic carbocycles. The standard InChI is InChI=1S/C35H68O3/c1-8-9-10-11-12-13-14-15-16-17-18-19-20-21-22-23-26-38-32(36)25-24-29-27-30(34(2,3)4)33(37)31(28-29)35(5,6)7/h29-31,33,37H,8-28H2,1-7H3. The first kappa shape index (κ1) is 35.5. The van der Waals surface area contributed by atoms with Crippen molar-refractivity contribution in [1.29, 1.82) is 0 Å². The summed E-state index contributed by atoms with van der Waals surface area (Å²) >= 11 is 0. The number of aliphatic hydroxyl groups is 1. The molecule has 0 amide bonds. The topological polar surface area (TPSA) is 46.5 Å². The van der Waals surface area contributed by atoms with Gasteiger partial charge in [0.05, 0.1) is 12.7 Å². The average molecular weight is 537 g/mol. The van der Waals surface area contributed by atoms with Crippen LogP contribution < -0.4 is 0 Å². The predicted molar refractivity (Wildman–Crippen MR) is 164 cm³/mol. The van der Waals surface area contributed by atoms with Gasteiger partial charge in [0, 0.05) is 6.42 Å². The van der Waals surface area contributed by atoms with Gasteiger partial charge in [0.15, 0.2) is 0 Å². The third-order valence-electron chi connectivity index (χ3n) is 9.24. The van der Waals surface area contributed by atoms with Crippen molar-refractivity contribution in [1.82, 2.24) is 0 Å². The number of unbranched alkanes of at least 4 members (excludes halogenated alkanes) is 15. The van der Waals surface area contributed by atoms with E-state index in [4.69, 9.17) is 4.74 Å². The van der Waals surface area contributed by atoms with Crippen molar-refractivity contribution in [2.75, 3.05) is 6.61 Å². The quantitative estimate of drug-likeness (QED) is 0.124. The number of carbonyl (C=O) groups is 1. The van der Waals surface area contributed by atoms with Gasteiger partial charge in [-0.05, 0) is 54.3 Å². The summed E-state index contributed by atoms with van der Waals surface area (Å²) in [6, 6.07) is 0. The number of ether oxygens (including phenoxy) is 1. The molecule has 1 saturated carbocycles. The molecule has 0 aromatic rings. The summed E-state index contributed by atoms with van der Waals surface area (Å²) in [7, 11) is 0.